The molecule has 1 N–H and O–H groups in total. The Bertz CT molecular complexity index is 1290. The predicted molar refractivity (Wildman–Crippen MR) is 121 cm³/mol. The van der Waals surface area contributed by atoms with Gasteiger partial charge in [-0.25, -0.2) is 4.99 Å². The van der Waals surface area contributed by atoms with Gasteiger partial charge in [0.15, 0.2) is 5.17 Å². The molecular formula is C21H10Cl3F3N2O2S. The normalized spacial score (nSPS) is 16.8. The lowest BCUT2D eigenvalue weighted by Gasteiger charge is -2.10. The highest BCUT2D eigenvalue weighted by atomic mass is 35.5. The van der Waals surface area contributed by atoms with Gasteiger partial charge in [0.1, 0.15) is 11.5 Å². The Hall–Kier alpha value is -2.39. The number of amidine groups is 1. The topological polar surface area (TPSA) is 54.6 Å². The fourth-order valence-electron chi connectivity index (χ4n) is 2.79. The van der Waals surface area contributed by atoms with Crippen LogP contribution in [0.5, 0.6) is 0 Å². The van der Waals surface area contributed by atoms with Crippen LogP contribution in [0.2, 0.25) is 15.1 Å². The van der Waals surface area contributed by atoms with Crippen LogP contribution in [-0.4, -0.2) is 11.1 Å². The first kappa shape index (κ1) is 22.8. The van der Waals surface area contributed by atoms with Crippen molar-refractivity contribution in [1.29, 1.82) is 0 Å². The maximum absolute atomic E-state index is 13.3. The number of nitrogens with one attached hydrogen (secondary N) is 1. The van der Waals surface area contributed by atoms with Crippen LogP contribution in [0.3, 0.4) is 0 Å². The molecule has 1 amide bonds. The number of rotatable bonds is 3. The number of benzene rings is 2. The molecule has 4 rings (SSSR count). The molecule has 11 heteroatoms. The predicted octanol–water partition coefficient (Wildman–Crippen LogP) is 7.82. The van der Waals surface area contributed by atoms with Gasteiger partial charge in [-0.15, -0.1) is 0 Å². The number of carbonyl (C=O) groups excluding carboxylic acids is 1. The van der Waals surface area contributed by atoms with E-state index in [-0.39, 0.29) is 20.8 Å². The molecule has 1 aromatic heterocycles. The van der Waals surface area contributed by atoms with Crippen molar-refractivity contribution >= 4 is 69.4 Å². The third-order valence-electron chi connectivity index (χ3n) is 4.24. The van der Waals surface area contributed by atoms with Crippen LogP contribution >= 0.6 is 46.6 Å². The number of carbonyl (C=O) groups is 1. The van der Waals surface area contributed by atoms with Gasteiger partial charge in [-0.1, -0.05) is 34.8 Å². The Balaban J connectivity index is 1.59. The minimum absolute atomic E-state index is 0.00494. The van der Waals surface area contributed by atoms with E-state index in [0.29, 0.717) is 27.1 Å². The van der Waals surface area contributed by atoms with E-state index < -0.39 is 17.6 Å². The molecule has 0 spiro atoms. The molecule has 4 nitrogen and oxygen atoms in total. The average Bonchev–Trinajstić information content (AvgIpc) is 3.31. The van der Waals surface area contributed by atoms with Gasteiger partial charge in [0, 0.05) is 16.7 Å². The SMILES string of the molecule is O=C1NC(=Nc2ccc(Cl)cc2C(F)(F)F)S/C1=C/c1ccc(-c2ccc(Cl)c(Cl)c2)o1. The minimum Gasteiger partial charge on any atom is -0.457 e. The third-order valence-corrected chi connectivity index (χ3v) is 6.13. The van der Waals surface area contributed by atoms with Crippen molar-refractivity contribution in [1.82, 2.24) is 5.32 Å². The van der Waals surface area contributed by atoms with E-state index in [0.717, 1.165) is 23.9 Å². The molecule has 1 saturated heterocycles. The molecule has 164 valence electrons. The van der Waals surface area contributed by atoms with Crippen molar-refractivity contribution in [2.24, 2.45) is 4.99 Å². The second kappa shape index (κ2) is 8.86. The lowest BCUT2D eigenvalue weighted by molar-refractivity contribution is -0.137. The van der Waals surface area contributed by atoms with Gasteiger partial charge in [0.05, 0.1) is 26.2 Å². The van der Waals surface area contributed by atoms with E-state index in [1.807, 2.05) is 0 Å². The number of furan rings is 1. The summed E-state index contributed by atoms with van der Waals surface area (Å²) in [4.78, 5) is 16.4. The van der Waals surface area contributed by atoms with E-state index in [9.17, 15) is 18.0 Å². The maximum atomic E-state index is 13.3. The second-order valence-electron chi connectivity index (χ2n) is 6.47. The van der Waals surface area contributed by atoms with Crippen molar-refractivity contribution in [3.05, 3.63) is 79.8 Å². The van der Waals surface area contributed by atoms with E-state index in [2.05, 4.69) is 10.3 Å². The van der Waals surface area contributed by atoms with Crippen molar-refractivity contribution in [3.63, 3.8) is 0 Å². The molecule has 0 saturated carbocycles. The largest absolute Gasteiger partial charge is 0.457 e. The molecular weight excluding hydrogens is 508 g/mol. The average molecular weight is 518 g/mol. The van der Waals surface area contributed by atoms with Crippen molar-refractivity contribution in [3.8, 4) is 11.3 Å². The molecule has 0 unspecified atom stereocenters. The van der Waals surface area contributed by atoms with Crippen LogP contribution in [0.4, 0.5) is 18.9 Å². The molecule has 2 heterocycles. The molecule has 1 aliphatic heterocycles. The van der Waals surface area contributed by atoms with Crippen molar-refractivity contribution < 1.29 is 22.4 Å². The summed E-state index contributed by atoms with van der Waals surface area (Å²) in [5.74, 6) is 0.361. The van der Waals surface area contributed by atoms with Crippen LogP contribution in [0.1, 0.15) is 11.3 Å². The summed E-state index contributed by atoms with van der Waals surface area (Å²) in [6, 6.07) is 11.6. The summed E-state index contributed by atoms with van der Waals surface area (Å²) in [5.41, 5.74) is -0.662. The van der Waals surface area contributed by atoms with Crippen LogP contribution in [0.15, 0.2) is 62.8 Å². The van der Waals surface area contributed by atoms with Gasteiger partial charge < -0.3 is 9.73 Å². The van der Waals surface area contributed by atoms with Crippen molar-refractivity contribution in [2.75, 3.05) is 0 Å². The number of aliphatic imine (C=N–C) groups is 1. The Morgan fingerprint density at radius 2 is 1.78 bits per heavy atom. The number of halogens is 6. The van der Waals surface area contributed by atoms with Gasteiger partial charge in [0.2, 0.25) is 0 Å². The zero-order valence-corrected chi connectivity index (χ0v) is 18.7. The zero-order valence-electron chi connectivity index (χ0n) is 15.6. The summed E-state index contributed by atoms with van der Waals surface area (Å²) in [6.45, 7) is 0. The second-order valence-corrected chi connectivity index (χ2v) is 8.75. The number of hydrogen-bond donors (Lipinski definition) is 1. The quantitative estimate of drug-likeness (QED) is 0.360. The van der Waals surface area contributed by atoms with E-state index in [4.69, 9.17) is 39.2 Å². The number of hydrogen-bond acceptors (Lipinski definition) is 4. The number of amides is 1. The maximum Gasteiger partial charge on any atom is 0.418 e. The van der Waals surface area contributed by atoms with Crippen LogP contribution < -0.4 is 5.32 Å². The third kappa shape index (κ3) is 4.99. The smallest absolute Gasteiger partial charge is 0.418 e. The molecule has 0 atom stereocenters. The molecule has 1 fully saturated rings. The van der Waals surface area contributed by atoms with Crippen LogP contribution in [0, 0.1) is 0 Å². The summed E-state index contributed by atoms with van der Waals surface area (Å²) in [7, 11) is 0. The van der Waals surface area contributed by atoms with E-state index >= 15 is 0 Å². The lowest BCUT2D eigenvalue weighted by Crippen LogP contribution is -2.19. The standard InChI is InChI=1S/C21H10Cl3F3N2O2S/c22-11-2-5-16(13(8-11)21(25,26)27)28-20-29-19(30)18(32-20)9-12-3-6-17(31-12)10-1-4-14(23)15(24)7-10/h1-9H,(H,28,29,30)/b18-9+. The summed E-state index contributed by atoms with van der Waals surface area (Å²) < 4.78 is 45.5. The van der Waals surface area contributed by atoms with Gasteiger partial charge in [0.25, 0.3) is 5.91 Å². The highest BCUT2D eigenvalue weighted by Crippen LogP contribution is 2.39. The van der Waals surface area contributed by atoms with Gasteiger partial charge in [-0.2, -0.15) is 13.2 Å². The van der Waals surface area contributed by atoms with Gasteiger partial charge in [-0.3, -0.25) is 4.79 Å². The monoisotopic (exact) mass is 516 g/mol. The minimum atomic E-state index is -4.65. The number of thioether (sulfide) groups is 1. The Morgan fingerprint density at radius 1 is 1.00 bits per heavy atom. The van der Waals surface area contributed by atoms with Crippen molar-refractivity contribution in [2.45, 2.75) is 6.18 Å². The fraction of sp³-hybridized carbons (Fsp3) is 0.0476. The van der Waals surface area contributed by atoms with Crippen LogP contribution in [0.25, 0.3) is 17.4 Å². The fourth-order valence-corrected chi connectivity index (χ4v) is 4.07. The molecule has 2 aromatic carbocycles. The first-order valence-corrected chi connectivity index (χ1v) is 10.8. The van der Waals surface area contributed by atoms with Gasteiger partial charge in [-0.05, 0) is 60.3 Å². The summed E-state index contributed by atoms with van der Waals surface area (Å²) >= 11 is 18.5. The van der Waals surface area contributed by atoms with Crippen LogP contribution in [-0.2, 0) is 11.0 Å². The Kier molecular flexibility index (Phi) is 6.31. The summed E-state index contributed by atoms with van der Waals surface area (Å²) in [5, 5.41) is 3.16. The van der Waals surface area contributed by atoms with Gasteiger partial charge >= 0.3 is 6.18 Å². The highest BCUT2D eigenvalue weighted by molar-refractivity contribution is 8.18. The van der Waals surface area contributed by atoms with E-state index in [1.54, 1.807) is 30.3 Å². The lowest BCUT2D eigenvalue weighted by atomic mass is 10.2. The zero-order chi connectivity index (χ0) is 23.0. The number of nitrogens with zero attached hydrogens (tertiary/aromatic N) is 1. The summed E-state index contributed by atoms with van der Waals surface area (Å²) in [6.07, 6.45) is -3.18. The first-order chi connectivity index (χ1) is 15.1. The highest BCUT2D eigenvalue weighted by Gasteiger charge is 2.34. The van der Waals surface area contributed by atoms with E-state index in [1.165, 1.54) is 12.1 Å². The number of alkyl halides is 3. The first-order valence-electron chi connectivity index (χ1n) is 8.82. The molecule has 32 heavy (non-hydrogen) atoms. The molecule has 3 aromatic rings. The molecule has 1 aliphatic rings. The Morgan fingerprint density at radius 3 is 2.50 bits per heavy atom. The molecule has 0 radical (unpaired) electrons. The molecule has 0 aliphatic carbocycles. The molecule has 0 bridgehead atoms. The Labute approximate surface area is 199 Å².